The van der Waals surface area contributed by atoms with Crippen molar-refractivity contribution in [3.8, 4) is 5.75 Å². The number of anilines is 1. The van der Waals surface area contributed by atoms with Crippen molar-refractivity contribution in [3.05, 3.63) is 126 Å². The van der Waals surface area contributed by atoms with Crippen LogP contribution in [0.15, 0.2) is 108 Å². The van der Waals surface area contributed by atoms with Crippen LogP contribution in [0.25, 0.3) is 0 Å². The summed E-state index contributed by atoms with van der Waals surface area (Å²) in [7, 11) is -2.85. The van der Waals surface area contributed by atoms with E-state index in [1.165, 1.54) is 48.4 Å². The van der Waals surface area contributed by atoms with Gasteiger partial charge in [-0.2, -0.15) is 0 Å². The number of nitrogens with one attached hydrogen (secondary N) is 1. The number of rotatable bonds is 13. The standard InChI is InChI=1S/C35H38FN3O5S/c1-25(2)37-35(41)33(22-27-10-6-5-7-11-27)38(23-28-12-8-9-26(3)21-28)34(40)24-39(30-15-13-29(36)14-16-30)45(42,43)32-19-17-31(44-4)18-20-32/h5-21,25,33H,22-24H2,1-4H3,(H,37,41). The molecule has 0 heterocycles. The third-order valence-electron chi connectivity index (χ3n) is 7.18. The quantitative estimate of drug-likeness (QED) is 0.210. The van der Waals surface area contributed by atoms with Crippen molar-refractivity contribution in [2.24, 2.45) is 0 Å². The van der Waals surface area contributed by atoms with Gasteiger partial charge in [-0.15, -0.1) is 0 Å². The number of amides is 2. The lowest BCUT2D eigenvalue weighted by molar-refractivity contribution is -0.140. The third kappa shape index (κ3) is 8.69. The highest BCUT2D eigenvalue weighted by Gasteiger charge is 2.35. The van der Waals surface area contributed by atoms with E-state index in [1.807, 2.05) is 75.4 Å². The minimum absolute atomic E-state index is 0.0589. The molecule has 0 aromatic heterocycles. The summed E-state index contributed by atoms with van der Waals surface area (Å²) < 4.78 is 48.2. The molecule has 0 spiro atoms. The third-order valence-corrected chi connectivity index (χ3v) is 8.97. The summed E-state index contributed by atoms with van der Waals surface area (Å²) in [5.74, 6) is -1.05. The second kappa shape index (κ2) is 14.9. The zero-order chi connectivity index (χ0) is 32.6. The van der Waals surface area contributed by atoms with E-state index in [2.05, 4.69) is 5.32 Å². The van der Waals surface area contributed by atoms with Gasteiger partial charge in [-0.3, -0.25) is 13.9 Å². The Morgan fingerprint density at radius 3 is 2.11 bits per heavy atom. The molecule has 1 N–H and O–H groups in total. The first-order valence-corrected chi connectivity index (χ1v) is 16.0. The molecule has 1 atom stereocenters. The van der Waals surface area contributed by atoms with Crippen LogP contribution in [0.2, 0.25) is 0 Å². The maximum absolute atomic E-state index is 14.4. The second-order valence-corrected chi connectivity index (χ2v) is 12.9. The van der Waals surface area contributed by atoms with Crippen molar-refractivity contribution in [1.82, 2.24) is 10.2 Å². The van der Waals surface area contributed by atoms with Crippen LogP contribution >= 0.6 is 0 Å². The number of carbonyl (C=O) groups excluding carboxylic acids is 2. The monoisotopic (exact) mass is 631 g/mol. The van der Waals surface area contributed by atoms with Crippen LogP contribution in [0.5, 0.6) is 5.75 Å². The molecule has 4 rings (SSSR count). The van der Waals surface area contributed by atoms with Crippen molar-refractivity contribution in [3.63, 3.8) is 0 Å². The number of carbonyl (C=O) groups is 2. The first-order chi connectivity index (χ1) is 21.5. The summed E-state index contributed by atoms with van der Waals surface area (Å²) in [5.41, 5.74) is 2.69. The molecule has 8 nitrogen and oxygen atoms in total. The number of hydrogen-bond acceptors (Lipinski definition) is 5. The van der Waals surface area contributed by atoms with E-state index in [4.69, 9.17) is 4.74 Å². The maximum Gasteiger partial charge on any atom is 0.264 e. The lowest BCUT2D eigenvalue weighted by atomic mass is 10.0. The maximum atomic E-state index is 14.4. The Balaban J connectivity index is 1.80. The summed E-state index contributed by atoms with van der Waals surface area (Å²) in [4.78, 5) is 29.5. The molecule has 0 saturated heterocycles. The number of nitrogens with zero attached hydrogens (tertiary/aromatic N) is 2. The molecule has 1 unspecified atom stereocenters. The molecule has 4 aromatic carbocycles. The minimum Gasteiger partial charge on any atom is -0.497 e. The van der Waals surface area contributed by atoms with Crippen molar-refractivity contribution in [2.45, 2.75) is 50.7 Å². The Kier molecular flexibility index (Phi) is 11.0. The van der Waals surface area contributed by atoms with E-state index < -0.39 is 34.3 Å². The second-order valence-electron chi connectivity index (χ2n) is 11.0. The smallest absolute Gasteiger partial charge is 0.264 e. The zero-order valence-electron chi connectivity index (χ0n) is 25.8. The Bertz CT molecular complexity index is 1700. The average Bonchev–Trinajstić information content (AvgIpc) is 3.02. The predicted octanol–water partition coefficient (Wildman–Crippen LogP) is 5.50. The van der Waals surface area contributed by atoms with Crippen molar-refractivity contribution >= 4 is 27.5 Å². The molecule has 236 valence electrons. The Labute approximate surface area is 264 Å². The van der Waals surface area contributed by atoms with Gasteiger partial charge in [0.1, 0.15) is 24.2 Å². The summed E-state index contributed by atoms with van der Waals surface area (Å²) >= 11 is 0. The number of hydrogen-bond donors (Lipinski definition) is 1. The lowest BCUT2D eigenvalue weighted by Crippen LogP contribution is -2.54. The van der Waals surface area contributed by atoms with E-state index in [-0.39, 0.29) is 35.5 Å². The number of ether oxygens (including phenoxy) is 1. The van der Waals surface area contributed by atoms with Crippen molar-refractivity contribution in [1.29, 1.82) is 0 Å². The number of methoxy groups -OCH3 is 1. The molecule has 4 aromatic rings. The summed E-state index contributed by atoms with van der Waals surface area (Å²) in [5, 5.41) is 2.94. The number of sulfonamides is 1. The molecular weight excluding hydrogens is 593 g/mol. The molecule has 0 aliphatic heterocycles. The first-order valence-electron chi connectivity index (χ1n) is 14.6. The van der Waals surface area contributed by atoms with Gasteiger partial charge in [0.25, 0.3) is 10.0 Å². The van der Waals surface area contributed by atoms with E-state index in [0.29, 0.717) is 5.75 Å². The van der Waals surface area contributed by atoms with Gasteiger partial charge in [0, 0.05) is 19.0 Å². The van der Waals surface area contributed by atoms with Gasteiger partial charge >= 0.3 is 0 Å². The molecule has 45 heavy (non-hydrogen) atoms. The van der Waals surface area contributed by atoms with Crippen molar-refractivity contribution < 1.29 is 27.1 Å². The SMILES string of the molecule is COc1ccc(S(=O)(=O)N(CC(=O)N(Cc2cccc(C)c2)C(Cc2ccccc2)C(=O)NC(C)C)c2ccc(F)cc2)cc1. The first kappa shape index (κ1) is 33.2. The number of benzene rings is 4. The minimum atomic E-state index is -4.32. The fourth-order valence-corrected chi connectivity index (χ4v) is 6.37. The van der Waals surface area contributed by atoms with Crippen LogP contribution in [0.4, 0.5) is 10.1 Å². The lowest BCUT2D eigenvalue weighted by Gasteiger charge is -2.34. The summed E-state index contributed by atoms with van der Waals surface area (Å²) in [6, 6.07) is 26.4. The number of aryl methyl sites for hydroxylation is 1. The zero-order valence-corrected chi connectivity index (χ0v) is 26.6. The fourth-order valence-electron chi connectivity index (χ4n) is 4.95. The van der Waals surface area contributed by atoms with E-state index in [1.54, 1.807) is 0 Å². The highest BCUT2D eigenvalue weighted by molar-refractivity contribution is 7.92. The van der Waals surface area contributed by atoms with Crippen LogP contribution in [0.3, 0.4) is 0 Å². The van der Waals surface area contributed by atoms with E-state index in [9.17, 15) is 22.4 Å². The molecule has 0 aliphatic carbocycles. The van der Waals surface area contributed by atoms with Crippen LogP contribution in [0.1, 0.15) is 30.5 Å². The summed E-state index contributed by atoms with van der Waals surface area (Å²) in [6.07, 6.45) is 0.207. The highest BCUT2D eigenvalue weighted by Crippen LogP contribution is 2.27. The van der Waals surface area contributed by atoms with Gasteiger partial charge in [0.2, 0.25) is 11.8 Å². The highest BCUT2D eigenvalue weighted by atomic mass is 32.2. The van der Waals surface area contributed by atoms with Crippen LogP contribution in [-0.4, -0.2) is 50.9 Å². The van der Waals surface area contributed by atoms with E-state index >= 15 is 0 Å². The molecule has 10 heteroatoms. The molecule has 2 amide bonds. The Hall–Kier alpha value is -4.70. The van der Waals surface area contributed by atoms with Gasteiger partial charge in [-0.25, -0.2) is 12.8 Å². The van der Waals surface area contributed by atoms with Crippen LogP contribution in [0, 0.1) is 12.7 Å². The molecule has 0 aliphatic rings. The average molecular weight is 632 g/mol. The predicted molar refractivity (Wildman–Crippen MR) is 173 cm³/mol. The van der Waals surface area contributed by atoms with Crippen LogP contribution in [-0.2, 0) is 32.6 Å². The topological polar surface area (TPSA) is 96.0 Å². The molecule has 0 radical (unpaired) electrons. The molecule has 0 saturated carbocycles. The molecular formula is C35H38FN3O5S. The van der Waals surface area contributed by atoms with Crippen LogP contribution < -0.4 is 14.4 Å². The molecule has 0 bridgehead atoms. The van der Waals surface area contributed by atoms with Gasteiger partial charge < -0.3 is 15.0 Å². The van der Waals surface area contributed by atoms with Gasteiger partial charge in [0.05, 0.1) is 17.7 Å². The molecule has 0 fully saturated rings. The number of halogens is 1. The Morgan fingerprint density at radius 2 is 1.51 bits per heavy atom. The van der Waals surface area contributed by atoms with Gasteiger partial charge in [-0.05, 0) is 80.4 Å². The van der Waals surface area contributed by atoms with E-state index in [0.717, 1.165) is 33.1 Å². The van der Waals surface area contributed by atoms with Crippen molar-refractivity contribution in [2.75, 3.05) is 18.0 Å². The normalized spacial score (nSPS) is 12.0. The largest absolute Gasteiger partial charge is 0.497 e. The summed E-state index contributed by atoms with van der Waals surface area (Å²) in [6.45, 7) is 5.03. The Morgan fingerprint density at radius 1 is 0.867 bits per heavy atom. The van der Waals surface area contributed by atoms with Gasteiger partial charge in [0.15, 0.2) is 0 Å². The van der Waals surface area contributed by atoms with Gasteiger partial charge in [-0.1, -0.05) is 60.2 Å². The fraction of sp³-hybridized carbons (Fsp3) is 0.257.